The minimum absolute atomic E-state index is 0.115. The Kier molecular flexibility index (Phi) is 13.1. The topological polar surface area (TPSA) is 46.5 Å². The van der Waals surface area contributed by atoms with Gasteiger partial charge in [0.05, 0.1) is 18.3 Å². The summed E-state index contributed by atoms with van der Waals surface area (Å²) in [6.07, 6.45) is 9.75. The molecule has 0 aliphatic carbocycles. The van der Waals surface area contributed by atoms with E-state index in [4.69, 9.17) is 9.84 Å². The highest BCUT2D eigenvalue weighted by atomic mass is 16.5. The SMILES string of the molecule is C=C(CO)C(=O)OC(C)CCC(C)C(C)CCC(C)/C(C)=C/C=C(\C)CC. The molecule has 0 heterocycles. The van der Waals surface area contributed by atoms with Gasteiger partial charge in [-0.15, -0.1) is 0 Å². The third-order valence-corrected chi connectivity index (χ3v) is 5.81. The van der Waals surface area contributed by atoms with Crippen LogP contribution >= 0.6 is 0 Å². The van der Waals surface area contributed by atoms with Gasteiger partial charge in [0.2, 0.25) is 0 Å². The second kappa shape index (κ2) is 13.8. The monoisotopic (exact) mass is 378 g/mol. The first-order valence-electron chi connectivity index (χ1n) is 10.5. The number of rotatable bonds is 13. The smallest absolute Gasteiger partial charge is 0.336 e. The van der Waals surface area contributed by atoms with Crippen LogP contribution < -0.4 is 0 Å². The molecule has 0 bridgehead atoms. The molecule has 0 amide bonds. The molecule has 27 heavy (non-hydrogen) atoms. The quantitative estimate of drug-likeness (QED) is 0.234. The largest absolute Gasteiger partial charge is 0.459 e. The van der Waals surface area contributed by atoms with Crippen LogP contribution in [0.2, 0.25) is 0 Å². The van der Waals surface area contributed by atoms with Crippen LogP contribution in [-0.4, -0.2) is 23.8 Å². The van der Waals surface area contributed by atoms with Gasteiger partial charge < -0.3 is 9.84 Å². The van der Waals surface area contributed by atoms with Gasteiger partial charge in [0.15, 0.2) is 0 Å². The fourth-order valence-electron chi connectivity index (χ4n) is 2.75. The van der Waals surface area contributed by atoms with Crippen LogP contribution in [0.5, 0.6) is 0 Å². The number of aliphatic hydroxyl groups is 1. The molecule has 0 fully saturated rings. The van der Waals surface area contributed by atoms with E-state index in [0.717, 1.165) is 19.3 Å². The molecule has 4 atom stereocenters. The summed E-state index contributed by atoms with van der Waals surface area (Å²) < 4.78 is 5.31. The maximum atomic E-state index is 11.6. The predicted molar refractivity (Wildman–Crippen MR) is 116 cm³/mol. The normalized spacial score (nSPS) is 17.2. The first kappa shape index (κ1) is 25.6. The van der Waals surface area contributed by atoms with E-state index in [1.807, 2.05) is 6.92 Å². The number of hydrogen-bond donors (Lipinski definition) is 1. The molecular formula is C24H42O3. The number of carbonyl (C=O) groups excluding carboxylic acids is 1. The van der Waals surface area contributed by atoms with Crippen LogP contribution in [-0.2, 0) is 9.53 Å². The molecule has 0 radical (unpaired) electrons. The molecule has 0 aliphatic rings. The summed E-state index contributed by atoms with van der Waals surface area (Å²) in [4.78, 5) is 11.6. The van der Waals surface area contributed by atoms with Crippen LogP contribution in [0.25, 0.3) is 0 Å². The average Bonchev–Trinajstić information content (AvgIpc) is 2.66. The minimum Gasteiger partial charge on any atom is -0.459 e. The molecule has 4 unspecified atom stereocenters. The van der Waals surface area contributed by atoms with Crippen molar-refractivity contribution < 1.29 is 14.6 Å². The molecule has 3 nitrogen and oxygen atoms in total. The van der Waals surface area contributed by atoms with Crippen LogP contribution in [0, 0.1) is 17.8 Å². The molecule has 0 saturated heterocycles. The van der Waals surface area contributed by atoms with E-state index in [2.05, 4.69) is 60.3 Å². The summed E-state index contributed by atoms with van der Waals surface area (Å²) in [6, 6.07) is 0. The highest BCUT2D eigenvalue weighted by Crippen LogP contribution is 2.26. The Hall–Kier alpha value is -1.35. The fraction of sp³-hybridized carbons (Fsp3) is 0.708. The first-order valence-corrected chi connectivity index (χ1v) is 10.5. The predicted octanol–water partition coefficient (Wildman–Crippen LogP) is 6.24. The molecule has 0 aromatic heterocycles. The summed E-state index contributed by atoms with van der Waals surface area (Å²) >= 11 is 0. The van der Waals surface area contributed by atoms with Gasteiger partial charge in [-0.25, -0.2) is 4.79 Å². The molecule has 0 saturated carbocycles. The molecule has 0 spiro atoms. The Balaban J connectivity index is 4.29. The molecule has 3 heteroatoms. The number of hydrogen-bond acceptors (Lipinski definition) is 3. The number of esters is 1. The maximum Gasteiger partial charge on any atom is 0.336 e. The Morgan fingerprint density at radius 2 is 1.56 bits per heavy atom. The van der Waals surface area contributed by atoms with E-state index in [0.29, 0.717) is 17.8 Å². The summed E-state index contributed by atoms with van der Waals surface area (Å²) in [6.45, 7) is 18.6. The lowest BCUT2D eigenvalue weighted by atomic mass is 9.84. The van der Waals surface area contributed by atoms with Crippen molar-refractivity contribution in [3.63, 3.8) is 0 Å². The van der Waals surface area contributed by atoms with Crippen LogP contribution in [0.3, 0.4) is 0 Å². The first-order chi connectivity index (χ1) is 12.6. The van der Waals surface area contributed by atoms with Crippen molar-refractivity contribution in [2.24, 2.45) is 17.8 Å². The third kappa shape index (κ3) is 11.2. The average molecular weight is 379 g/mol. The van der Waals surface area contributed by atoms with E-state index in [9.17, 15) is 4.79 Å². The molecule has 0 aromatic rings. The summed E-state index contributed by atoms with van der Waals surface area (Å²) in [5.41, 5.74) is 2.98. The Labute approximate surface area is 167 Å². The lowest BCUT2D eigenvalue weighted by Gasteiger charge is -2.23. The minimum atomic E-state index is -0.492. The van der Waals surface area contributed by atoms with Gasteiger partial charge >= 0.3 is 5.97 Å². The summed E-state index contributed by atoms with van der Waals surface area (Å²) in [7, 11) is 0. The van der Waals surface area contributed by atoms with Crippen molar-refractivity contribution in [3.05, 3.63) is 35.5 Å². The van der Waals surface area contributed by atoms with Crippen molar-refractivity contribution >= 4 is 5.97 Å². The number of carbonyl (C=O) groups is 1. The maximum absolute atomic E-state index is 11.6. The van der Waals surface area contributed by atoms with Crippen molar-refractivity contribution in [1.82, 2.24) is 0 Å². The van der Waals surface area contributed by atoms with Crippen molar-refractivity contribution in [2.45, 2.75) is 86.7 Å². The van der Waals surface area contributed by atoms with Gasteiger partial charge in [0.1, 0.15) is 0 Å². The van der Waals surface area contributed by atoms with E-state index >= 15 is 0 Å². The molecule has 156 valence electrons. The van der Waals surface area contributed by atoms with E-state index < -0.39 is 5.97 Å². The lowest BCUT2D eigenvalue weighted by Crippen LogP contribution is -2.19. The van der Waals surface area contributed by atoms with E-state index in [1.165, 1.54) is 24.0 Å². The highest BCUT2D eigenvalue weighted by molar-refractivity contribution is 5.88. The zero-order valence-corrected chi connectivity index (χ0v) is 18.7. The van der Waals surface area contributed by atoms with Gasteiger partial charge in [-0.3, -0.25) is 0 Å². The van der Waals surface area contributed by atoms with Crippen molar-refractivity contribution in [3.8, 4) is 0 Å². The molecule has 0 rings (SSSR count). The zero-order chi connectivity index (χ0) is 21.0. The molecular weight excluding hydrogens is 336 g/mol. The van der Waals surface area contributed by atoms with E-state index in [1.54, 1.807) is 0 Å². The number of allylic oxidation sites excluding steroid dienone is 4. The van der Waals surface area contributed by atoms with Crippen molar-refractivity contribution in [2.75, 3.05) is 6.61 Å². The third-order valence-electron chi connectivity index (χ3n) is 5.81. The van der Waals surface area contributed by atoms with Gasteiger partial charge in [0, 0.05) is 0 Å². The second-order valence-electron chi connectivity index (χ2n) is 8.27. The Bertz CT molecular complexity index is 516. The number of aliphatic hydroxyl groups excluding tert-OH is 1. The summed E-state index contributed by atoms with van der Waals surface area (Å²) in [5.74, 6) is 1.34. The van der Waals surface area contributed by atoms with Gasteiger partial charge in [-0.1, -0.05) is 57.6 Å². The Morgan fingerprint density at radius 1 is 1.00 bits per heavy atom. The fourth-order valence-corrected chi connectivity index (χ4v) is 2.75. The van der Waals surface area contributed by atoms with Gasteiger partial charge in [-0.2, -0.15) is 0 Å². The lowest BCUT2D eigenvalue weighted by molar-refractivity contribution is -0.144. The second-order valence-corrected chi connectivity index (χ2v) is 8.27. The van der Waals surface area contributed by atoms with Crippen LogP contribution in [0.1, 0.15) is 80.6 Å². The molecule has 0 aliphatic heterocycles. The molecule has 0 aromatic carbocycles. The van der Waals surface area contributed by atoms with E-state index in [-0.39, 0.29) is 18.3 Å². The highest BCUT2D eigenvalue weighted by Gasteiger charge is 2.17. The van der Waals surface area contributed by atoms with Crippen molar-refractivity contribution in [1.29, 1.82) is 0 Å². The zero-order valence-electron chi connectivity index (χ0n) is 18.7. The Morgan fingerprint density at radius 3 is 2.07 bits per heavy atom. The summed E-state index contributed by atoms with van der Waals surface area (Å²) in [5, 5.41) is 8.92. The standard InChI is InChI=1S/C24H42O3/c1-9-17(2)10-11-18(3)19(4)12-13-20(5)21(6)14-15-23(8)27-24(26)22(7)16-25/h10-11,19-21,23,25H,7,9,12-16H2,1-6,8H3/b17-10+,18-11+. The van der Waals surface area contributed by atoms with Gasteiger partial charge in [-0.05, 0) is 70.6 Å². The van der Waals surface area contributed by atoms with Gasteiger partial charge in [0.25, 0.3) is 0 Å². The number of ether oxygens (including phenoxy) is 1. The van der Waals surface area contributed by atoms with Crippen LogP contribution in [0.4, 0.5) is 0 Å². The molecule has 1 N–H and O–H groups in total. The van der Waals surface area contributed by atoms with Crippen LogP contribution in [0.15, 0.2) is 35.5 Å².